The van der Waals surface area contributed by atoms with Gasteiger partial charge in [0.15, 0.2) is 62.5 Å². The van der Waals surface area contributed by atoms with E-state index in [1.165, 1.54) is 43.6 Å². The van der Waals surface area contributed by atoms with Crippen molar-refractivity contribution >= 4 is 99.1 Å². The number of hydrogen-bond acceptors (Lipinski definition) is 12. The molecule has 0 aliphatic heterocycles. The summed E-state index contributed by atoms with van der Waals surface area (Å²) < 4.78 is 254. The second kappa shape index (κ2) is 23.0. The number of benzene rings is 2. The zero-order chi connectivity index (χ0) is 60.7. The minimum Gasteiger partial charge on any atom is -0.741 e. The number of imidazole rings is 4. The summed E-state index contributed by atoms with van der Waals surface area (Å²) in [7, 11) is -16.8. The van der Waals surface area contributed by atoms with Gasteiger partial charge in [0, 0.05) is 10.3 Å². The Hall–Kier alpha value is -5.32. The van der Waals surface area contributed by atoms with Crippen LogP contribution >= 0.6 is 15.1 Å². The molecule has 78 heavy (non-hydrogen) atoms. The SMILES string of the molecule is C[n+]1ccn2c3ccccc3n3cc[n+](C)c3p(C(C)(C)C)c21.C[n+]1ccn2c3ccccc3n3cc[n+](C)c3p(C(C)(C)C)c21.O=S(=O)([O-])C(F)(F)F.O=S(=O)([O-])C(F)(F)F.O=S(=O)([O-])C(F)(F)F.O=S(=O)([O-])C(F)(F)F. The molecular weight excluding hydrogens is 1200 g/mol. The first kappa shape index (κ1) is 67.0. The highest BCUT2D eigenvalue weighted by Gasteiger charge is 2.40. The average molecular weight is 1250 g/mol. The summed E-state index contributed by atoms with van der Waals surface area (Å²) in [5, 5.41) is 5.86. The van der Waals surface area contributed by atoms with Gasteiger partial charge in [-0.1, -0.05) is 65.8 Å². The van der Waals surface area contributed by atoms with E-state index < -0.39 is 77.6 Å². The summed E-state index contributed by atoms with van der Waals surface area (Å²) in [6.45, 7) is 14.1. The number of aryl methyl sites for hydroxylation is 4. The zero-order valence-corrected chi connectivity index (χ0v) is 46.8. The van der Waals surface area contributed by atoms with Crippen LogP contribution in [0.4, 0.5) is 52.7 Å². The summed E-state index contributed by atoms with van der Waals surface area (Å²) in [6.07, 6.45) is 17.5. The van der Waals surface area contributed by atoms with Gasteiger partial charge in [-0.15, -0.1) is 0 Å². The van der Waals surface area contributed by atoms with Crippen LogP contribution in [-0.4, -0.2) is 91.5 Å². The number of nitrogens with zero attached hydrogens (tertiary/aromatic N) is 8. The lowest BCUT2D eigenvalue weighted by Gasteiger charge is -2.16. The predicted molar refractivity (Wildman–Crippen MR) is 252 cm³/mol. The lowest BCUT2D eigenvalue weighted by molar-refractivity contribution is -0.644. The molecule has 0 amide bonds. The second-order valence-electron chi connectivity index (χ2n) is 17.9. The van der Waals surface area contributed by atoms with Crippen LogP contribution in [0.1, 0.15) is 41.5 Å². The quantitative estimate of drug-likeness (QED) is 0.0657. The minimum atomic E-state index is -6.09. The van der Waals surface area contributed by atoms with Gasteiger partial charge in [-0.2, -0.15) is 70.3 Å². The first-order valence-corrected chi connectivity index (χ1v) is 29.3. The smallest absolute Gasteiger partial charge is 0.485 e. The molecule has 0 unspecified atom stereocenters. The van der Waals surface area contributed by atoms with Crippen LogP contribution in [-0.2, 0) is 79.0 Å². The van der Waals surface area contributed by atoms with Gasteiger partial charge >= 0.3 is 43.5 Å². The van der Waals surface area contributed by atoms with Crippen LogP contribution in [0, 0.1) is 0 Å². The number of para-hydroxylation sites is 4. The lowest BCUT2D eigenvalue weighted by Crippen LogP contribution is -2.29. The van der Waals surface area contributed by atoms with Crippen LogP contribution in [0.15, 0.2) is 98.1 Å². The second-order valence-corrected chi connectivity index (χ2v) is 29.0. The van der Waals surface area contributed by atoms with E-state index in [1.807, 2.05) is 0 Å². The highest BCUT2D eigenvalue weighted by Crippen LogP contribution is 2.51. The fourth-order valence-corrected chi connectivity index (χ4v) is 12.7. The Kier molecular flexibility index (Phi) is 19.8. The van der Waals surface area contributed by atoms with E-state index in [4.69, 9.17) is 51.9 Å². The lowest BCUT2D eigenvalue weighted by atomic mass is 10.3. The van der Waals surface area contributed by atoms with E-state index in [0.29, 0.717) is 0 Å². The van der Waals surface area contributed by atoms with Gasteiger partial charge in [-0.25, -0.2) is 51.9 Å². The maximum atomic E-state index is 10.7. The molecule has 0 aliphatic rings. The van der Waals surface area contributed by atoms with Crippen molar-refractivity contribution < 1.29 is 123 Å². The zero-order valence-electron chi connectivity index (χ0n) is 41.8. The fourth-order valence-electron chi connectivity index (χ4n) is 6.82. The van der Waals surface area contributed by atoms with Gasteiger partial charge in [-0.3, -0.25) is 0 Å². The van der Waals surface area contributed by atoms with Gasteiger partial charge in [0.25, 0.3) is 0 Å². The van der Waals surface area contributed by atoms with E-state index >= 15 is 0 Å². The van der Waals surface area contributed by atoms with Crippen molar-refractivity contribution in [2.24, 2.45) is 28.2 Å². The van der Waals surface area contributed by atoms with E-state index in [0.717, 1.165) is 0 Å². The number of alkyl halides is 12. The van der Waals surface area contributed by atoms with E-state index in [1.54, 1.807) is 0 Å². The topological polar surface area (TPSA) is 262 Å². The monoisotopic (exact) mass is 1250 g/mol. The van der Waals surface area contributed by atoms with Crippen LogP contribution in [0.5, 0.6) is 0 Å². The molecule has 436 valence electrons. The van der Waals surface area contributed by atoms with Gasteiger partial charge in [0.1, 0.15) is 49.6 Å². The van der Waals surface area contributed by atoms with Crippen molar-refractivity contribution in [1.29, 1.82) is 0 Å². The van der Waals surface area contributed by atoms with Gasteiger partial charge < -0.3 is 18.2 Å². The van der Waals surface area contributed by atoms with Gasteiger partial charge in [0.05, 0.1) is 43.3 Å². The highest BCUT2D eigenvalue weighted by molar-refractivity contribution is 7.87. The fraction of sp³-hybridized carbons (Fsp3) is 0.400. The molecular formula is C40H46F12N8O12P2S4. The average Bonchev–Trinajstić information content (AvgIpc) is 3.98. The summed E-state index contributed by atoms with van der Waals surface area (Å²) >= 11 is 0. The van der Waals surface area contributed by atoms with Crippen molar-refractivity contribution in [3.8, 4) is 0 Å². The van der Waals surface area contributed by atoms with Crippen molar-refractivity contribution in [2.45, 2.75) is 73.9 Å². The molecule has 0 radical (unpaired) electrons. The summed E-state index contributed by atoms with van der Waals surface area (Å²) in [6, 6.07) is 17.3. The number of hydrogen-bond donors (Lipinski definition) is 0. The molecule has 20 nitrogen and oxygen atoms in total. The Labute approximate surface area is 438 Å². The Bertz CT molecular complexity index is 3520. The minimum absolute atomic E-state index is 0.166. The molecule has 0 spiro atoms. The first-order chi connectivity index (χ1) is 34.8. The molecule has 0 N–H and O–H groups in total. The molecule has 0 saturated heterocycles. The maximum Gasteiger partial charge on any atom is 0.485 e. The third-order valence-electron chi connectivity index (χ3n) is 9.96. The standard InChI is InChI=1S/2C18H23N4P.4CHF3O3S/c2*1-18(2,3)23-16-19(4)10-12-21(16)14-8-6-7-9-15(14)22-13-11-20(5)17(22)23;4*2-1(3,4)8(5,6)7/h2*6-13H,1-5H3;4*(H,5,6,7)/q2*+2;;;;/p-4. The normalized spacial score (nSPS) is 13.2. The molecule has 6 heterocycles. The van der Waals surface area contributed by atoms with Crippen LogP contribution < -0.4 is 18.3 Å². The van der Waals surface area contributed by atoms with E-state index in [-0.39, 0.29) is 10.3 Å². The first-order valence-electron chi connectivity index (χ1n) is 21.0. The third-order valence-corrected chi connectivity index (χ3v) is 18.6. The number of fused-ring (bicyclic) bond motifs is 10. The summed E-state index contributed by atoms with van der Waals surface area (Å²) in [5.74, 6) is 0. The van der Waals surface area contributed by atoms with E-state index in [2.05, 4.69) is 204 Å². The molecule has 8 rings (SSSR count). The van der Waals surface area contributed by atoms with Crippen molar-refractivity contribution in [3.63, 3.8) is 0 Å². The Balaban J connectivity index is 0.000000269. The van der Waals surface area contributed by atoms with Crippen LogP contribution in [0.2, 0.25) is 0 Å². The molecule has 0 fully saturated rings. The molecule has 0 atom stereocenters. The molecule has 0 bridgehead atoms. The van der Waals surface area contributed by atoms with Crippen molar-refractivity contribution in [2.75, 3.05) is 0 Å². The molecule has 0 aliphatic carbocycles. The third kappa shape index (κ3) is 15.5. The maximum absolute atomic E-state index is 10.7. The number of aromatic nitrogens is 8. The summed E-state index contributed by atoms with van der Waals surface area (Å²) in [4.78, 5) is 0. The molecule has 2 aromatic carbocycles. The van der Waals surface area contributed by atoms with Gasteiger partial charge in [-0.05, 0) is 24.3 Å². The van der Waals surface area contributed by atoms with Gasteiger partial charge in [0.2, 0.25) is 0 Å². The molecule has 8 aromatic rings. The number of rotatable bonds is 0. The van der Waals surface area contributed by atoms with E-state index in [9.17, 15) is 52.7 Å². The molecule has 38 heteroatoms. The van der Waals surface area contributed by atoms with Crippen molar-refractivity contribution in [1.82, 2.24) is 17.6 Å². The molecule has 6 aromatic heterocycles. The Morgan fingerprint density at radius 3 is 0.615 bits per heavy atom. The highest BCUT2D eigenvalue weighted by atomic mass is 32.2. The number of halogens is 12. The van der Waals surface area contributed by atoms with Crippen molar-refractivity contribution in [3.05, 3.63) is 98.1 Å². The molecule has 0 saturated carbocycles. The Morgan fingerprint density at radius 1 is 0.359 bits per heavy atom. The largest absolute Gasteiger partial charge is 0.741 e. The summed E-state index contributed by atoms with van der Waals surface area (Å²) in [5.41, 5.74) is -17.6. The van der Waals surface area contributed by atoms with Crippen LogP contribution in [0.3, 0.4) is 0 Å². The predicted octanol–water partition coefficient (Wildman–Crippen LogP) is 6.80. The Morgan fingerprint density at radius 2 is 0.500 bits per heavy atom. The van der Waals surface area contributed by atoms with Crippen LogP contribution in [0.25, 0.3) is 43.6 Å².